The molecule has 0 saturated heterocycles. The first-order chi connectivity index (χ1) is 15.4. The van der Waals surface area contributed by atoms with Gasteiger partial charge in [-0.15, -0.1) is 0 Å². The number of amides is 1. The molecule has 0 bridgehead atoms. The van der Waals surface area contributed by atoms with E-state index >= 15 is 0 Å². The van der Waals surface area contributed by atoms with Crippen LogP contribution in [0.15, 0.2) is 89.8 Å². The number of nitrogens with one attached hydrogen (secondary N) is 1. The molecule has 0 fully saturated rings. The van der Waals surface area contributed by atoms with E-state index in [1.165, 1.54) is 12.1 Å². The van der Waals surface area contributed by atoms with Gasteiger partial charge in [0.2, 0.25) is 5.91 Å². The third-order valence-corrected chi connectivity index (χ3v) is 6.82. The molecule has 1 amide bonds. The minimum absolute atomic E-state index is 0.102. The normalized spacial score (nSPS) is 12.1. The lowest BCUT2D eigenvalue weighted by Crippen LogP contribution is -2.41. The Morgan fingerprint density at radius 1 is 0.938 bits per heavy atom. The molecule has 3 aromatic rings. The predicted molar refractivity (Wildman–Crippen MR) is 126 cm³/mol. The van der Waals surface area contributed by atoms with Crippen LogP contribution in [0, 0.1) is 0 Å². The van der Waals surface area contributed by atoms with Crippen LogP contribution in [0.2, 0.25) is 0 Å². The van der Waals surface area contributed by atoms with Crippen molar-refractivity contribution in [3.63, 3.8) is 0 Å². The third kappa shape index (κ3) is 5.88. The van der Waals surface area contributed by atoms with Crippen LogP contribution in [0.25, 0.3) is 0 Å². The van der Waals surface area contributed by atoms with Crippen LogP contribution >= 0.6 is 0 Å². The second-order valence-electron chi connectivity index (χ2n) is 7.37. The van der Waals surface area contributed by atoms with Crippen LogP contribution in [0.1, 0.15) is 25.3 Å². The van der Waals surface area contributed by atoms with Crippen molar-refractivity contribution in [2.45, 2.75) is 24.7 Å². The maximum atomic E-state index is 13.4. The fourth-order valence-corrected chi connectivity index (χ4v) is 4.70. The first-order valence-corrected chi connectivity index (χ1v) is 12.0. The summed E-state index contributed by atoms with van der Waals surface area (Å²) in [6, 6.07) is 24.6. The largest absolute Gasteiger partial charge is 0.494 e. The van der Waals surface area contributed by atoms with Crippen LogP contribution in [0.5, 0.6) is 5.75 Å². The molecule has 1 atom stereocenters. The predicted octanol–water partition coefficient (Wildman–Crippen LogP) is 4.20. The van der Waals surface area contributed by atoms with Crippen molar-refractivity contribution >= 4 is 21.6 Å². The van der Waals surface area contributed by atoms with Crippen molar-refractivity contribution in [1.29, 1.82) is 0 Å². The zero-order valence-corrected chi connectivity index (χ0v) is 19.1. The average Bonchev–Trinajstić information content (AvgIpc) is 2.83. The number of hydrogen-bond donors (Lipinski definition) is 1. The first kappa shape index (κ1) is 23.3. The molecule has 0 aromatic heterocycles. The van der Waals surface area contributed by atoms with E-state index < -0.39 is 10.0 Å². The summed E-state index contributed by atoms with van der Waals surface area (Å²) in [4.78, 5) is 12.9. The molecule has 3 rings (SSSR count). The summed E-state index contributed by atoms with van der Waals surface area (Å²) in [6.45, 7) is 4.48. The molecule has 0 aliphatic heterocycles. The van der Waals surface area contributed by atoms with Crippen molar-refractivity contribution in [1.82, 2.24) is 5.32 Å². The van der Waals surface area contributed by atoms with Crippen LogP contribution in [0.4, 0.5) is 5.69 Å². The lowest BCUT2D eigenvalue weighted by atomic mass is 10.0. The monoisotopic (exact) mass is 452 g/mol. The van der Waals surface area contributed by atoms with Crippen molar-refractivity contribution in [3.8, 4) is 5.75 Å². The van der Waals surface area contributed by atoms with E-state index in [9.17, 15) is 13.2 Å². The quantitative estimate of drug-likeness (QED) is 0.500. The third-order valence-electron chi connectivity index (χ3n) is 5.03. The van der Waals surface area contributed by atoms with Gasteiger partial charge in [0.15, 0.2) is 0 Å². The highest BCUT2D eigenvalue weighted by Crippen LogP contribution is 2.26. The molecule has 6 nitrogen and oxygen atoms in total. The summed E-state index contributed by atoms with van der Waals surface area (Å²) in [6.07, 6.45) is 0. The maximum Gasteiger partial charge on any atom is 0.264 e. The summed E-state index contributed by atoms with van der Waals surface area (Å²) in [5.41, 5.74) is 1.50. The van der Waals surface area contributed by atoms with Crippen LogP contribution < -0.4 is 14.4 Å². The second-order valence-corrected chi connectivity index (χ2v) is 9.23. The maximum absolute atomic E-state index is 13.4. The standard InChI is InChI=1S/C25H28N2O4S/c1-3-31-23-16-14-22(15-17-23)27(32(29,30)24-12-8-5-9-13-24)19-25(28)26-18-20(2)21-10-6-4-7-11-21/h4-17,20H,3,18-19H2,1-2H3,(H,26,28)/t20-/m0/s1. The highest BCUT2D eigenvalue weighted by atomic mass is 32.2. The number of nitrogens with zero attached hydrogens (tertiary/aromatic N) is 1. The van der Waals surface area contributed by atoms with Gasteiger partial charge in [-0.1, -0.05) is 55.5 Å². The van der Waals surface area contributed by atoms with E-state index in [1.807, 2.05) is 44.2 Å². The Kier molecular flexibility index (Phi) is 7.89. The minimum Gasteiger partial charge on any atom is -0.494 e. The Morgan fingerprint density at radius 2 is 1.53 bits per heavy atom. The van der Waals surface area contributed by atoms with Gasteiger partial charge >= 0.3 is 0 Å². The summed E-state index contributed by atoms with van der Waals surface area (Å²) in [5, 5.41) is 2.87. The van der Waals surface area contributed by atoms with Crippen LogP contribution in [-0.4, -0.2) is 34.0 Å². The molecule has 0 spiro atoms. The minimum atomic E-state index is -3.93. The van der Waals surface area contributed by atoms with Gasteiger partial charge in [0.25, 0.3) is 10.0 Å². The van der Waals surface area contributed by atoms with Gasteiger partial charge < -0.3 is 10.1 Å². The van der Waals surface area contributed by atoms with E-state index in [0.717, 1.165) is 9.87 Å². The van der Waals surface area contributed by atoms with Gasteiger partial charge in [-0.05, 0) is 54.8 Å². The van der Waals surface area contributed by atoms with Crippen molar-refractivity contribution in [2.75, 3.05) is 24.0 Å². The summed E-state index contributed by atoms with van der Waals surface area (Å²) < 4.78 is 33.3. The zero-order valence-electron chi connectivity index (χ0n) is 18.3. The Morgan fingerprint density at radius 3 is 2.12 bits per heavy atom. The molecular weight excluding hydrogens is 424 g/mol. The Balaban J connectivity index is 1.80. The zero-order chi connectivity index (χ0) is 23.0. The average molecular weight is 453 g/mol. The highest BCUT2D eigenvalue weighted by Gasteiger charge is 2.27. The molecule has 168 valence electrons. The molecule has 0 unspecified atom stereocenters. The molecule has 0 aliphatic carbocycles. The molecule has 32 heavy (non-hydrogen) atoms. The van der Waals surface area contributed by atoms with Crippen molar-refractivity contribution < 1.29 is 17.9 Å². The van der Waals surface area contributed by atoms with Gasteiger partial charge in [0.05, 0.1) is 17.2 Å². The van der Waals surface area contributed by atoms with Crippen LogP contribution in [0.3, 0.4) is 0 Å². The van der Waals surface area contributed by atoms with E-state index in [-0.39, 0.29) is 23.3 Å². The van der Waals surface area contributed by atoms with Gasteiger partial charge in [0, 0.05) is 6.54 Å². The fraction of sp³-hybridized carbons (Fsp3) is 0.240. The summed E-state index contributed by atoms with van der Waals surface area (Å²) in [7, 11) is -3.93. The SMILES string of the molecule is CCOc1ccc(N(CC(=O)NC[C@H](C)c2ccccc2)S(=O)(=O)c2ccccc2)cc1. The van der Waals surface area contributed by atoms with Crippen molar-refractivity contribution in [2.24, 2.45) is 0 Å². The molecule has 0 aliphatic rings. The topological polar surface area (TPSA) is 75.7 Å². The van der Waals surface area contributed by atoms with Gasteiger partial charge in [-0.25, -0.2) is 8.42 Å². The number of benzene rings is 3. The van der Waals surface area contributed by atoms with Gasteiger partial charge in [0.1, 0.15) is 12.3 Å². The lowest BCUT2D eigenvalue weighted by Gasteiger charge is -2.24. The van der Waals surface area contributed by atoms with E-state index in [4.69, 9.17) is 4.74 Å². The fourth-order valence-electron chi connectivity index (χ4n) is 3.26. The molecule has 1 N–H and O–H groups in total. The number of sulfonamides is 1. The Labute approximate surface area is 189 Å². The van der Waals surface area contributed by atoms with E-state index in [0.29, 0.717) is 24.6 Å². The summed E-state index contributed by atoms with van der Waals surface area (Å²) in [5.74, 6) is 0.362. The Bertz CT molecular complexity index is 1100. The Hall–Kier alpha value is -3.32. The number of carbonyl (C=O) groups is 1. The molecule has 7 heteroatoms. The summed E-state index contributed by atoms with van der Waals surface area (Å²) >= 11 is 0. The molecule has 0 heterocycles. The molecule has 0 radical (unpaired) electrons. The second kappa shape index (κ2) is 10.8. The lowest BCUT2D eigenvalue weighted by molar-refractivity contribution is -0.119. The molecular formula is C25H28N2O4S. The number of anilines is 1. The molecule has 0 saturated carbocycles. The van der Waals surface area contributed by atoms with E-state index in [1.54, 1.807) is 42.5 Å². The van der Waals surface area contributed by atoms with Gasteiger partial charge in [-0.3, -0.25) is 9.10 Å². The first-order valence-electron chi connectivity index (χ1n) is 10.5. The van der Waals surface area contributed by atoms with E-state index in [2.05, 4.69) is 5.32 Å². The molecule has 3 aromatic carbocycles. The number of carbonyl (C=O) groups excluding carboxylic acids is 1. The number of ether oxygens (including phenoxy) is 1. The highest BCUT2D eigenvalue weighted by molar-refractivity contribution is 7.92. The van der Waals surface area contributed by atoms with Crippen molar-refractivity contribution in [3.05, 3.63) is 90.5 Å². The van der Waals surface area contributed by atoms with Crippen LogP contribution in [-0.2, 0) is 14.8 Å². The smallest absolute Gasteiger partial charge is 0.264 e. The number of hydrogen-bond acceptors (Lipinski definition) is 4. The number of rotatable bonds is 10. The van der Waals surface area contributed by atoms with Gasteiger partial charge in [-0.2, -0.15) is 0 Å².